The van der Waals surface area contributed by atoms with Gasteiger partial charge in [-0.05, 0) is 62.7 Å². The fourth-order valence-corrected chi connectivity index (χ4v) is 3.27. The van der Waals surface area contributed by atoms with Gasteiger partial charge in [-0.15, -0.1) is 0 Å². The van der Waals surface area contributed by atoms with E-state index < -0.39 is 0 Å². The second kappa shape index (κ2) is 6.41. The predicted molar refractivity (Wildman–Crippen MR) is 95.4 cm³/mol. The second-order valence-corrected chi connectivity index (χ2v) is 6.30. The van der Waals surface area contributed by atoms with Crippen LogP contribution in [0.3, 0.4) is 0 Å². The van der Waals surface area contributed by atoms with Crippen molar-refractivity contribution in [3.05, 3.63) is 47.5 Å². The maximum atomic E-state index is 6.29. The molecule has 3 N–H and O–H groups in total. The van der Waals surface area contributed by atoms with E-state index in [2.05, 4.69) is 54.6 Å². The van der Waals surface area contributed by atoms with Crippen LogP contribution in [0.15, 0.2) is 36.4 Å². The molecule has 0 spiro atoms. The van der Waals surface area contributed by atoms with E-state index in [-0.39, 0.29) is 0 Å². The zero-order valence-corrected chi connectivity index (χ0v) is 13.5. The normalized spacial score (nSPS) is 13.2. The van der Waals surface area contributed by atoms with Crippen molar-refractivity contribution in [2.45, 2.75) is 19.3 Å². The number of nitrogens with zero attached hydrogens (tertiary/aromatic N) is 1. The van der Waals surface area contributed by atoms with Gasteiger partial charge in [0.25, 0.3) is 0 Å². The minimum absolute atomic E-state index is 0.909. The molecule has 0 saturated carbocycles. The van der Waals surface area contributed by atoms with Crippen LogP contribution in [0.2, 0.25) is 0 Å². The Kier molecular flexibility index (Phi) is 4.34. The van der Waals surface area contributed by atoms with E-state index in [9.17, 15) is 0 Å². The second-order valence-electron chi connectivity index (χ2n) is 6.30. The van der Waals surface area contributed by atoms with Gasteiger partial charge in [-0.25, -0.2) is 0 Å². The van der Waals surface area contributed by atoms with Gasteiger partial charge in [0.15, 0.2) is 0 Å². The zero-order valence-electron chi connectivity index (χ0n) is 13.5. The van der Waals surface area contributed by atoms with Gasteiger partial charge in [-0.2, -0.15) is 0 Å². The van der Waals surface area contributed by atoms with Gasteiger partial charge in [-0.1, -0.05) is 30.3 Å². The van der Waals surface area contributed by atoms with Crippen molar-refractivity contribution in [1.29, 1.82) is 0 Å². The third-order valence-electron chi connectivity index (χ3n) is 4.38. The van der Waals surface area contributed by atoms with E-state index in [0.717, 1.165) is 38.0 Å². The molecule has 3 nitrogen and oxygen atoms in total. The largest absolute Gasteiger partial charge is 0.398 e. The Labute approximate surface area is 133 Å². The summed E-state index contributed by atoms with van der Waals surface area (Å²) in [7, 11) is 4.23. The number of benzene rings is 2. The lowest BCUT2D eigenvalue weighted by Crippen LogP contribution is -2.14. The van der Waals surface area contributed by atoms with Crippen molar-refractivity contribution in [2.75, 3.05) is 38.2 Å². The fourth-order valence-electron chi connectivity index (χ4n) is 3.27. The van der Waals surface area contributed by atoms with E-state index in [1.54, 1.807) is 0 Å². The first kappa shape index (κ1) is 14.9. The Bertz CT molecular complexity index is 662. The van der Waals surface area contributed by atoms with Crippen LogP contribution in [-0.4, -0.2) is 32.1 Å². The fraction of sp³-hybridized carbons (Fsp3) is 0.368. The molecule has 3 heteroatoms. The van der Waals surface area contributed by atoms with Gasteiger partial charge in [0, 0.05) is 23.5 Å². The van der Waals surface area contributed by atoms with Gasteiger partial charge in [0.05, 0.1) is 0 Å². The Morgan fingerprint density at radius 2 is 1.86 bits per heavy atom. The summed E-state index contributed by atoms with van der Waals surface area (Å²) in [5, 5.41) is 3.54. The minimum atomic E-state index is 0.909. The molecule has 0 bridgehead atoms. The van der Waals surface area contributed by atoms with E-state index in [0.29, 0.717) is 0 Å². The van der Waals surface area contributed by atoms with Crippen LogP contribution in [0.25, 0.3) is 11.1 Å². The predicted octanol–water partition coefficient (Wildman–Crippen LogP) is 3.40. The molecule has 22 heavy (non-hydrogen) atoms. The van der Waals surface area contributed by atoms with E-state index in [1.807, 2.05) is 6.07 Å². The lowest BCUT2D eigenvalue weighted by molar-refractivity contribution is 0.400. The van der Waals surface area contributed by atoms with Gasteiger partial charge in [0.1, 0.15) is 0 Å². The molecule has 0 atom stereocenters. The number of nitrogen functional groups attached to an aromatic ring is 1. The van der Waals surface area contributed by atoms with Gasteiger partial charge in [0.2, 0.25) is 0 Å². The molecule has 0 radical (unpaired) electrons. The zero-order chi connectivity index (χ0) is 15.5. The monoisotopic (exact) mass is 295 g/mol. The quantitative estimate of drug-likeness (QED) is 0.831. The highest BCUT2D eigenvalue weighted by atomic mass is 15.0. The van der Waals surface area contributed by atoms with Crippen LogP contribution in [0, 0.1) is 0 Å². The number of hydrogen-bond donors (Lipinski definition) is 2. The summed E-state index contributed by atoms with van der Waals surface area (Å²) in [5.74, 6) is 0. The average Bonchev–Trinajstić information content (AvgIpc) is 2.97. The van der Waals surface area contributed by atoms with Crippen LogP contribution >= 0.6 is 0 Å². The molecule has 2 aromatic carbocycles. The summed E-state index contributed by atoms with van der Waals surface area (Å²) in [6.45, 7) is 2.11. The standard InChI is InChI=1S/C19H25N3/c1-22(2)13-5-9-16-15(7-4-10-18(16)20)17-8-3-6-14-11-12-21-19(14)17/h3-4,6-8,10,21H,5,9,11-13,20H2,1-2H3. The van der Waals surface area contributed by atoms with Crippen LogP contribution in [-0.2, 0) is 12.8 Å². The highest BCUT2D eigenvalue weighted by Gasteiger charge is 2.17. The van der Waals surface area contributed by atoms with Crippen molar-refractivity contribution in [1.82, 2.24) is 4.90 Å². The molecule has 0 saturated heterocycles. The van der Waals surface area contributed by atoms with Crippen LogP contribution in [0.1, 0.15) is 17.5 Å². The van der Waals surface area contributed by atoms with E-state index >= 15 is 0 Å². The van der Waals surface area contributed by atoms with Crippen molar-refractivity contribution in [2.24, 2.45) is 0 Å². The van der Waals surface area contributed by atoms with Gasteiger partial charge < -0.3 is 16.0 Å². The molecule has 1 aliphatic rings. The number of fused-ring (bicyclic) bond motifs is 1. The first-order chi connectivity index (χ1) is 10.7. The first-order valence-corrected chi connectivity index (χ1v) is 8.05. The average molecular weight is 295 g/mol. The Morgan fingerprint density at radius 1 is 1.09 bits per heavy atom. The molecule has 116 valence electrons. The summed E-state index contributed by atoms with van der Waals surface area (Å²) < 4.78 is 0. The SMILES string of the molecule is CN(C)CCCc1c(N)cccc1-c1cccc2c1NCC2. The third kappa shape index (κ3) is 2.95. The maximum Gasteiger partial charge on any atom is 0.0453 e. The number of rotatable bonds is 5. The topological polar surface area (TPSA) is 41.3 Å². The van der Waals surface area contributed by atoms with Gasteiger partial charge >= 0.3 is 0 Å². The number of anilines is 2. The van der Waals surface area contributed by atoms with Crippen molar-refractivity contribution < 1.29 is 0 Å². The van der Waals surface area contributed by atoms with Crippen LogP contribution in [0.5, 0.6) is 0 Å². The molecule has 0 amide bonds. The molecule has 0 aliphatic carbocycles. The Morgan fingerprint density at radius 3 is 2.68 bits per heavy atom. The van der Waals surface area contributed by atoms with E-state index in [1.165, 1.54) is 27.9 Å². The molecular formula is C19H25N3. The molecule has 3 rings (SSSR count). The molecular weight excluding hydrogens is 270 g/mol. The Hall–Kier alpha value is -2.00. The number of nitrogens with one attached hydrogen (secondary N) is 1. The molecule has 0 fully saturated rings. The molecule has 0 aromatic heterocycles. The summed E-state index contributed by atoms with van der Waals surface area (Å²) in [6, 6.07) is 12.9. The van der Waals surface area contributed by atoms with Crippen molar-refractivity contribution in [3.8, 4) is 11.1 Å². The number of para-hydroxylation sites is 1. The smallest absolute Gasteiger partial charge is 0.0453 e. The lowest BCUT2D eigenvalue weighted by atomic mass is 9.93. The molecule has 2 aromatic rings. The lowest BCUT2D eigenvalue weighted by Gasteiger charge is -2.17. The minimum Gasteiger partial charge on any atom is -0.398 e. The third-order valence-corrected chi connectivity index (χ3v) is 4.38. The highest BCUT2D eigenvalue weighted by Crippen LogP contribution is 2.37. The van der Waals surface area contributed by atoms with Crippen LogP contribution < -0.4 is 11.1 Å². The van der Waals surface area contributed by atoms with Crippen molar-refractivity contribution >= 4 is 11.4 Å². The maximum absolute atomic E-state index is 6.29. The summed E-state index contributed by atoms with van der Waals surface area (Å²) >= 11 is 0. The number of hydrogen-bond acceptors (Lipinski definition) is 3. The van der Waals surface area contributed by atoms with Crippen molar-refractivity contribution in [3.63, 3.8) is 0 Å². The summed E-state index contributed by atoms with van der Waals surface area (Å²) in [6.07, 6.45) is 3.25. The molecule has 1 heterocycles. The summed E-state index contributed by atoms with van der Waals surface area (Å²) in [5.41, 5.74) is 13.8. The highest BCUT2D eigenvalue weighted by molar-refractivity contribution is 5.85. The molecule has 0 unspecified atom stereocenters. The van der Waals surface area contributed by atoms with E-state index in [4.69, 9.17) is 5.73 Å². The summed E-state index contributed by atoms with van der Waals surface area (Å²) in [4.78, 5) is 2.22. The first-order valence-electron chi connectivity index (χ1n) is 8.05. The van der Waals surface area contributed by atoms with Gasteiger partial charge in [-0.3, -0.25) is 0 Å². The number of nitrogens with two attached hydrogens (primary N) is 1. The Balaban J connectivity index is 1.97. The van der Waals surface area contributed by atoms with Crippen LogP contribution in [0.4, 0.5) is 11.4 Å². The molecule has 1 aliphatic heterocycles.